The molecular formula is C25H28ClN3O5. The predicted molar refractivity (Wildman–Crippen MR) is 132 cm³/mol. The van der Waals surface area contributed by atoms with Crippen molar-refractivity contribution in [3.05, 3.63) is 72.4 Å². The lowest BCUT2D eigenvalue weighted by Gasteiger charge is -2.31. The minimum absolute atomic E-state index is 0.121. The normalized spacial score (nSPS) is 14.5. The van der Waals surface area contributed by atoms with Gasteiger partial charge in [-0.15, -0.1) is 0 Å². The second-order valence-electron chi connectivity index (χ2n) is 9.59. The van der Waals surface area contributed by atoms with E-state index in [1.54, 1.807) is 24.1 Å². The summed E-state index contributed by atoms with van der Waals surface area (Å²) in [5.41, 5.74) is 0.229. The molecule has 34 heavy (non-hydrogen) atoms. The molecule has 3 aromatic rings. The highest BCUT2D eigenvalue weighted by atomic mass is 35.5. The van der Waals surface area contributed by atoms with Gasteiger partial charge in [0, 0.05) is 30.8 Å². The summed E-state index contributed by atoms with van der Waals surface area (Å²) < 4.78 is 10.9. The standard InChI is InChI=1S/C25H28ClN3O5/c1-13-6-9-17(34-13)23(25(2,3)4)28-20-19(21(30)22(20)31)27-16-8-7-15(26)14-12-29(10-11-33-5)24(32)18(14)16/h6-9,23,27-28H,10-12H2,1-5H3. The molecular weight excluding hydrogens is 458 g/mol. The molecule has 2 heterocycles. The highest BCUT2D eigenvalue weighted by molar-refractivity contribution is 6.32. The number of hydrogen-bond acceptors (Lipinski definition) is 7. The van der Waals surface area contributed by atoms with Crippen LogP contribution in [-0.2, 0) is 11.3 Å². The van der Waals surface area contributed by atoms with E-state index in [1.165, 1.54) is 0 Å². The van der Waals surface area contributed by atoms with Crippen LogP contribution in [-0.4, -0.2) is 31.1 Å². The van der Waals surface area contributed by atoms with Gasteiger partial charge in [0.1, 0.15) is 22.9 Å². The highest BCUT2D eigenvalue weighted by Gasteiger charge is 2.35. The van der Waals surface area contributed by atoms with E-state index in [4.69, 9.17) is 20.8 Å². The van der Waals surface area contributed by atoms with Crippen molar-refractivity contribution < 1.29 is 13.9 Å². The smallest absolute Gasteiger partial charge is 0.256 e. The molecule has 0 bridgehead atoms. The van der Waals surface area contributed by atoms with Gasteiger partial charge in [-0.2, -0.15) is 0 Å². The van der Waals surface area contributed by atoms with Crippen LogP contribution in [0, 0.1) is 12.3 Å². The lowest BCUT2D eigenvalue weighted by molar-refractivity contribution is 0.0720. The Morgan fingerprint density at radius 3 is 2.44 bits per heavy atom. The second-order valence-corrected chi connectivity index (χ2v) is 10.0. The van der Waals surface area contributed by atoms with E-state index in [9.17, 15) is 14.4 Å². The molecule has 2 N–H and O–H groups in total. The topological polar surface area (TPSA) is 101 Å². The van der Waals surface area contributed by atoms with Crippen LogP contribution in [0.4, 0.5) is 17.1 Å². The molecule has 4 rings (SSSR count). The zero-order chi connectivity index (χ0) is 24.8. The second kappa shape index (κ2) is 8.92. The van der Waals surface area contributed by atoms with Crippen molar-refractivity contribution >= 4 is 34.6 Å². The van der Waals surface area contributed by atoms with Crippen molar-refractivity contribution in [1.82, 2.24) is 4.90 Å². The van der Waals surface area contributed by atoms with E-state index in [-0.39, 0.29) is 28.7 Å². The molecule has 9 heteroatoms. The molecule has 0 radical (unpaired) electrons. The zero-order valence-electron chi connectivity index (χ0n) is 19.9. The van der Waals surface area contributed by atoms with Crippen molar-refractivity contribution in [1.29, 1.82) is 0 Å². The average molecular weight is 486 g/mol. The molecule has 1 aliphatic heterocycles. The van der Waals surface area contributed by atoms with Gasteiger partial charge in [0.15, 0.2) is 0 Å². The van der Waals surface area contributed by atoms with Crippen LogP contribution in [0.5, 0.6) is 0 Å². The predicted octanol–water partition coefficient (Wildman–Crippen LogP) is 4.38. The van der Waals surface area contributed by atoms with Gasteiger partial charge in [0.2, 0.25) is 0 Å². The fraction of sp³-hybridized carbons (Fsp3) is 0.400. The number of nitrogens with one attached hydrogen (secondary N) is 2. The molecule has 0 saturated carbocycles. The Bertz CT molecular complexity index is 1310. The van der Waals surface area contributed by atoms with Crippen LogP contribution in [0.3, 0.4) is 0 Å². The summed E-state index contributed by atoms with van der Waals surface area (Å²) in [4.78, 5) is 39.8. The van der Waals surface area contributed by atoms with Crippen LogP contribution >= 0.6 is 11.6 Å². The first-order chi connectivity index (χ1) is 16.0. The Morgan fingerprint density at radius 2 is 1.82 bits per heavy atom. The van der Waals surface area contributed by atoms with E-state index in [0.717, 1.165) is 5.76 Å². The molecule has 8 nitrogen and oxygen atoms in total. The number of ether oxygens (including phenoxy) is 1. The van der Waals surface area contributed by atoms with E-state index < -0.39 is 10.9 Å². The maximum Gasteiger partial charge on any atom is 0.256 e. The van der Waals surface area contributed by atoms with Crippen LogP contribution < -0.4 is 21.5 Å². The quantitative estimate of drug-likeness (QED) is 0.456. The summed E-state index contributed by atoms with van der Waals surface area (Å²) in [5.74, 6) is 1.21. The fourth-order valence-electron chi connectivity index (χ4n) is 4.18. The number of carbonyl (C=O) groups is 1. The maximum atomic E-state index is 13.1. The zero-order valence-corrected chi connectivity index (χ0v) is 20.6. The van der Waals surface area contributed by atoms with E-state index in [0.29, 0.717) is 47.3 Å². The Labute approximate surface area is 202 Å². The molecule has 0 saturated heterocycles. The van der Waals surface area contributed by atoms with Gasteiger partial charge in [0.05, 0.1) is 23.9 Å². The molecule has 0 fully saturated rings. The number of rotatable bonds is 8. The first-order valence-electron chi connectivity index (χ1n) is 11.1. The molecule has 2 aromatic carbocycles. The number of benzene rings is 1. The molecule has 1 unspecified atom stereocenters. The van der Waals surface area contributed by atoms with Gasteiger partial charge in [-0.3, -0.25) is 14.4 Å². The Morgan fingerprint density at radius 1 is 1.12 bits per heavy atom. The summed E-state index contributed by atoms with van der Waals surface area (Å²) in [6.45, 7) is 9.06. The Kier molecular flexibility index (Phi) is 6.31. The molecule has 180 valence electrons. The molecule has 1 atom stereocenters. The van der Waals surface area contributed by atoms with Crippen molar-refractivity contribution in [3.8, 4) is 0 Å². The number of hydrogen-bond donors (Lipinski definition) is 2. The van der Waals surface area contributed by atoms with E-state index in [2.05, 4.69) is 10.6 Å². The van der Waals surface area contributed by atoms with Gasteiger partial charge in [0.25, 0.3) is 16.8 Å². The van der Waals surface area contributed by atoms with Crippen molar-refractivity contribution in [2.75, 3.05) is 30.9 Å². The first kappa shape index (κ1) is 24.0. The average Bonchev–Trinajstić information content (AvgIpc) is 3.35. The highest BCUT2D eigenvalue weighted by Crippen LogP contribution is 2.39. The third-order valence-corrected chi connectivity index (χ3v) is 6.40. The van der Waals surface area contributed by atoms with Crippen molar-refractivity contribution in [2.45, 2.75) is 40.3 Å². The van der Waals surface area contributed by atoms with Gasteiger partial charge >= 0.3 is 0 Å². The number of halogens is 1. The number of carbonyl (C=O) groups excluding carboxylic acids is 1. The number of aryl methyl sites for hydroxylation is 1. The largest absolute Gasteiger partial charge is 0.464 e. The summed E-state index contributed by atoms with van der Waals surface area (Å²) in [6, 6.07) is 6.69. The molecule has 1 aliphatic rings. The number of anilines is 3. The summed E-state index contributed by atoms with van der Waals surface area (Å²) >= 11 is 6.37. The minimum atomic E-state index is -0.642. The lowest BCUT2D eigenvalue weighted by atomic mass is 9.85. The van der Waals surface area contributed by atoms with Gasteiger partial charge in [-0.25, -0.2) is 0 Å². The molecule has 1 aromatic heterocycles. The van der Waals surface area contributed by atoms with Gasteiger partial charge in [-0.05, 0) is 36.6 Å². The number of nitrogens with zero attached hydrogens (tertiary/aromatic N) is 1. The summed E-state index contributed by atoms with van der Waals surface area (Å²) in [6.07, 6.45) is 0. The van der Waals surface area contributed by atoms with E-state index >= 15 is 0 Å². The van der Waals surface area contributed by atoms with Gasteiger partial charge in [-0.1, -0.05) is 32.4 Å². The molecule has 1 amide bonds. The third-order valence-electron chi connectivity index (χ3n) is 6.04. The fourth-order valence-corrected chi connectivity index (χ4v) is 4.40. The molecule has 0 spiro atoms. The monoisotopic (exact) mass is 485 g/mol. The number of fused-ring (bicyclic) bond motifs is 1. The van der Waals surface area contributed by atoms with Crippen molar-refractivity contribution in [3.63, 3.8) is 0 Å². The summed E-state index contributed by atoms with van der Waals surface area (Å²) in [7, 11) is 1.57. The number of amides is 1. The minimum Gasteiger partial charge on any atom is -0.464 e. The van der Waals surface area contributed by atoms with E-state index in [1.807, 2.05) is 39.8 Å². The van der Waals surface area contributed by atoms with Gasteiger partial charge < -0.3 is 24.7 Å². The van der Waals surface area contributed by atoms with Crippen LogP contribution in [0.15, 0.2) is 38.3 Å². The Balaban J connectivity index is 1.67. The van der Waals surface area contributed by atoms with Crippen molar-refractivity contribution in [2.24, 2.45) is 5.41 Å². The first-order valence-corrected chi connectivity index (χ1v) is 11.4. The van der Waals surface area contributed by atoms with Crippen LogP contribution in [0.2, 0.25) is 5.02 Å². The lowest BCUT2D eigenvalue weighted by Crippen LogP contribution is -2.39. The maximum absolute atomic E-state index is 13.1. The Hall–Kier alpha value is -3.10. The number of furan rings is 1. The third kappa shape index (κ3) is 4.23. The van der Waals surface area contributed by atoms with Crippen LogP contribution in [0.1, 0.15) is 54.3 Å². The van der Waals surface area contributed by atoms with Crippen LogP contribution in [0.25, 0.3) is 0 Å². The summed E-state index contributed by atoms with van der Waals surface area (Å²) in [5, 5.41) is 6.72. The number of methoxy groups -OCH3 is 1. The SMILES string of the molecule is COCCN1Cc2c(Cl)ccc(Nc3c(NC(c4ccc(C)o4)C(C)(C)C)c(=O)c3=O)c2C1=O. The molecule has 0 aliphatic carbocycles.